The summed E-state index contributed by atoms with van der Waals surface area (Å²) >= 11 is 1.50. The highest BCUT2D eigenvalue weighted by Gasteiger charge is 2.23. The van der Waals surface area contributed by atoms with Gasteiger partial charge < -0.3 is 14.2 Å². The highest BCUT2D eigenvalue weighted by Crippen LogP contribution is 2.34. The first-order valence-corrected chi connectivity index (χ1v) is 12.3. The van der Waals surface area contributed by atoms with Crippen LogP contribution in [-0.2, 0) is 24.2 Å². The van der Waals surface area contributed by atoms with Gasteiger partial charge in [0, 0.05) is 22.0 Å². The van der Waals surface area contributed by atoms with Crippen molar-refractivity contribution in [3.05, 3.63) is 70.4 Å². The third kappa shape index (κ3) is 4.35. The minimum absolute atomic E-state index is 0.119. The summed E-state index contributed by atoms with van der Waals surface area (Å²) in [6, 6.07) is 13.5. The molecule has 0 spiro atoms. The first-order valence-electron chi connectivity index (χ1n) is 11.4. The number of aryl methyl sites for hydroxylation is 1. The zero-order chi connectivity index (χ0) is 23.5. The molecule has 5 rings (SSSR count). The van der Waals surface area contributed by atoms with E-state index < -0.39 is 0 Å². The Bertz CT molecular complexity index is 1350. The molecule has 174 valence electrons. The Morgan fingerprint density at radius 1 is 0.971 bits per heavy atom. The van der Waals surface area contributed by atoms with Crippen LogP contribution in [0.3, 0.4) is 0 Å². The first kappa shape index (κ1) is 22.3. The molecule has 1 aliphatic rings. The smallest absolute Gasteiger partial charge is 0.339 e. The van der Waals surface area contributed by atoms with Gasteiger partial charge in [-0.05, 0) is 55.5 Å². The van der Waals surface area contributed by atoms with Crippen LogP contribution in [0.25, 0.3) is 21.5 Å². The molecule has 0 atom stereocenters. The maximum Gasteiger partial charge on any atom is 0.339 e. The van der Waals surface area contributed by atoms with Crippen molar-refractivity contribution in [1.82, 2.24) is 9.97 Å². The maximum absolute atomic E-state index is 13.3. The number of methoxy groups -OCH3 is 2. The van der Waals surface area contributed by atoms with Gasteiger partial charge in [-0.25, -0.2) is 9.78 Å². The number of hydrogen-bond acceptors (Lipinski definition) is 7. The van der Waals surface area contributed by atoms with Gasteiger partial charge in [-0.15, -0.1) is 11.3 Å². The number of hydrogen-bond donors (Lipinski definition) is 0. The quantitative estimate of drug-likeness (QED) is 0.252. The van der Waals surface area contributed by atoms with Crippen LogP contribution in [0.1, 0.15) is 46.6 Å². The van der Waals surface area contributed by atoms with Gasteiger partial charge in [0.1, 0.15) is 11.6 Å². The molecule has 0 radical (unpaired) electrons. The Labute approximate surface area is 202 Å². The van der Waals surface area contributed by atoms with Crippen molar-refractivity contribution < 1.29 is 19.0 Å². The molecular weight excluding hydrogens is 448 g/mol. The Balaban J connectivity index is 1.39. The zero-order valence-electron chi connectivity index (χ0n) is 19.3. The molecule has 4 aromatic rings. The predicted molar refractivity (Wildman–Crippen MR) is 133 cm³/mol. The lowest BCUT2D eigenvalue weighted by molar-refractivity contribution is 0.0469. The van der Waals surface area contributed by atoms with Gasteiger partial charge in [-0.2, -0.15) is 0 Å². The largest absolute Gasteiger partial charge is 0.493 e. The number of pyridine rings is 1. The fourth-order valence-electron chi connectivity index (χ4n) is 4.47. The normalized spacial score (nSPS) is 13.2. The number of esters is 1. The van der Waals surface area contributed by atoms with Gasteiger partial charge in [-0.1, -0.05) is 24.6 Å². The lowest BCUT2D eigenvalue weighted by Crippen LogP contribution is -2.12. The number of thiazole rings is 1. The van der Waals surface area contributed by atoms with E-state index in [2.05, 4.69) is 4.98 Å². The minimum atomic E-state index is -0.308. The third-order valence-corrected chi connectivity index (χ3v) is 7.10. The minimum Gasteiger partial charge on any atom is -0.493 e. The number of carbonyl (C=O) groups excluding carboxylic acids is 1. The van der Waals surface area contributed by atoms with Crippen LogP contribution < -0.4 is 9.47 Å². The summed E-state index contributed by atoms with van der Waals surface area (Å²) in [4.78, 5) is 22.9. The van der Waals surface area contributed by atoms with Gasteiger partial charge in [0.2, 0.25) is 0 Å². The molecule has 7 heteroatoms. The number of aromatic nitrogens is 2. The Hall–Kier alpha value is -3.45. The fourth-order valence-corrected chi connectivity index (χ4v) is 5.27. The molecule has 0 N–H and O–H groups in total. The van der Waals surface area contributed by atoms with Crippen LogP contribution in [0.2, 0.25) is 0 Å². The highest BCUT2D eigenvalue weighted by molar-refractivity contribution is 7.13. The third-order valence-electron chi connectivity index (χ3n) is 6.16. The van der Waals surface area contributed by atoms with Crippen molar-refractivity contribution >= 4 is 28.2 Å². The first-order chi connectivity index (χ1) is 16.7. The molecule has 2 aromatic carbocycles. The van der Waals surface area contributed by atoms with Crippen molar-refractivity contribution in [2.24, 2.45) is 0 Å². The Morgan fingerprint density at radius 3 is 2.65 bits per heavy atom. The van der Waals surface area contributed by atoms with Crippen LogP contribution in [0.5, 0.6) is 11.5 Å². The number of ether oxygens (including phenoxy) is 3. The number of para-hydroxylation sites is 1. The van der Waals surface area contributed by atoms with E-state index in [4.69, 9.17) is 19.2 Å². The van der Waals surface area contributed by atoms with Gasteiger partial charge in [-0.3, -0.25) is 4.98 Å². The van der Waals surface area contributed by atoms with Gasteiger partial charge in [0.05, 0.1) is 31.0 Å². The van der Waals surface area contributed by atoms with E-state index in [1.807, 2.05) is 47.8 Å². The van der Waals surface area contributed by atoms with Crippen molar-refractivity contribution in [2.75, 3.05) is 14.2 Å². The number of nitrogens with zero attached hydrogens (tertiary/aromatic N) is 2. The lowest BCUT2D eigenvalue weighted by atomic mass is 9.97. The maximum atomic E-state index is 13.3. The molecule has 0 aliphatic heterocycles. The molecule has 0 amide bonds. The average molecular weight is 475 g/mol. The van der Waals surface area contributed by atoms with Crippen LogP contribution in [0.4, 0.5) is 0 Å². The molecule has 34 heavy (non-hydrogen) atoms. The Kier molecular flexibility index (Phi) is 6.45. The predicted octanol–water partition coefficient (Wildman–Crippen LogP) is 6.00. The molecule has 0 bridgehead atoms. The van der Waals surface area contributed by atoms with Gasteiger partial charge in [0.25, 0.3) is 0 Å². The van der Waals surface area contributed by atoms with Gasteiger partial charge >= 0.3 is 5.97 Å². The van der Waals surface area contributed by atoms with Crippen LogP contribution >= 0.6 is 11.3 Å². The van der Waals surface area contributed by atoms with Crippen LogP contribution in [0.15, 0.2) is 47.8 Å². The van der Waals surface area contributed by atoms with Crippen molar-refractivity contribution in [2.45, 2.75) is 38.7 Å². The number of fused-ring (bicyclic) bond motifs is 2. The van der Waals surface area contributed by atoms with E-state index in [1.54, 1.807) is 14.2 Å². The SMILES string of the molecule is COc1ccc(-c2nc(COC(=O)c3c4c(nc5ccccc35)CCCCC4)cs2)cc1OC. The monoisotopic (exact) mass is 474 g/mol. The second-order valence-electron chi connectivity index (χ2n) is 8.28. The second-order valence-corrected chi connectivity index (χ2v) is 9.14. The summed E-state index contributed by atoms with van der Waals surface area (Å²) in [6.45, 7) is 0.119. The Morgan fingerprint density at radius 2 is 1.79 bits per heavy atom. The van der Waals surface area contributed by atoms with Crippen molar-refractivity contribution in [1.29, 1.82) is 0 Å². The summed E-state index contributed by atoms with van der Waals surface area (Å²) < 4.78 is 16.5. The summed E-state index contributed by atoms with van der Waals surface area (Å²) in [6.07, 6.45) is 5.08. The molecular formula is C27H26N2O4S. The van der Waals surface area contributed by atoms with Crippen LogP contribution in [0, 0.1) is 0 Å². The van der Waals surface area contributed by atoms with Crippen LogP contribution in [-0.4, -0.2) is 30.2 Å². The summed E-state index contributed by atoms with van der Waals surface area (Å²) in [7, 11) is 3.22. The summed E-state index contributed by atoms with van der Waals surface area (Å²) in [5.74, 6) is 1.01. The number of carbonyl (C=O) groups is 1. The molecule has 0 saturated heterocycles. The topological polar surface area (TPSA) is 70.5 Å². The van der Waals surface area contributed by atoms with Gasteiger partial charge in [0.15, 0.2) is 11.5 Å². The van der Waals surface area contributed by atoms with E-state index in [0.29, 0.717) is 22.8 Å². The molecule has 1 aliphatic carbocycles. The van der Waals surface area contributed by atoms with E-state index in [-0.39, 0.29) is 12.6 Å². The molecule has 2 heterocycles. The number of rotatable bonds is 6. The lowest BCUT2D eigenvalue weighted by Gasteiger charge is -2.14. The van der Waals surface area contributed by atoms with Crippen molar-refractivity contribution in [3.8, 4) is 22.1 Å². The summed E-state index contributed by atoms with van der Waals surface area (Å²) in [5.41, 5.74) is 5.23. The van der Waals surface area contributed by atoms with E-state index in [9.17, 15) is 4.79 Å². The highest BCUT2D eigenvalue weighted by atomic mass is 32.1. The van der Waals surface area contributed by atoms with E-state index in [0.717, 1.165) is 64.8 Å². The molecule has 2 aromatic heterocycles. The second kappa shape index (κ2) is 9.81. The van der Waals surface area contributed by atoms with Crippen molar-refractivity contribution in [3.63, 3.8) is 0 Å². The molecule has 6 nitrogen and oxygen atoms in total. The molecule has 0 saturated carbocycles. The zero-order valence-corrected chi connectivity index (χ0v) is 20.1. The van der Waals surface area contributed by atoms with E-state index in [1.165, 1.54) is 11.3 Å². The summed E-state index contributed by atoms with van der Waals surface area (Å²) in [5, 5.41) is 3.61. The molecule has 0 unspecified atom stereocenters. The average Bonchev–Trinajstić information content (AvgIpc) is 3.23. The number of benzene rings is 2. The molecule has 0 fully saturated rings. The fraction of sp³-hybridized carbons (Fsp3) is 0.296. The van der Waals surface area contributed by atoms with E-state index >= 15 is 0 Å². The standard InChI is InChI=1S/C27H26N2O4S/c1-31-23-13-12-17(14-24(23)32-2)26-28-18(16-34-26)15-33-27(30)25-19-8-4-3-5-10-21(19)29-22-11-7-6-9-20(22)25/h6-7,9,11-14,16H,3-5,8,10,15H2,1-2H3.